The molecule has 0 aliphatic carbocycles. The third-order valence-corrected chi connectivity index (χ3v) is 6.77. The molecule has 242 valence electrons. The minimum absolute atomic E-state index is 0.392. The van der Waals surface area contributed by atoms with Crippen molar-refractivity contribution in [2.24, 2.45) is 0 Å². The molecular weight excluding hydrogens is 549 g/mol. The van der Waals surface area contributed by atoms with Crippen LogP contribution in [0.25, 0.3) is 0 Å². The monoisotopic (exact) mass is 601 g/mol. The Labute approximate surface area is 252 Å². The molecule has 0 atom stereocenters. The number of pyridine rings is 1. The lowest BCUT2D eigenvalue weighted by Crippen LogP contribution is -2.41. The molecule has 1 aromatic rings. The maximum absolute atomic E-state index is 6.13. The van der Waals surface area contributed by atoms with Crippen molar-refractivity contribution in [1.82, 2.24) is 4.98 Å². The van der Waals surface area contributed by atoms with Gasteiger partial charge in [-0.15, -0.1) is 0 Å². The first-order valence-corrected chi connectivity index (χ1v) is 14.7. The maximum Gasteiger partial charge on any atom is 0.496 e. The van der Waals surface area contributed by atoms with Crippen LogP contribution in [0, 0.1) is 6.92 Å². The lowest BCUT2D eigenvalue weighted by molar-refractivity contribution is -0.0227. The van der Waals surface area contributed by atoms with Gasteiger partial charge in [0.25, 0.3) is 0 Å². The average Bonchev–Trinajstić information content (AvgIpc) is 3.17. The number of nitrogens with zero attached hydrogens (tertiary/aromatic N) is 1. The zero-order valence-electron chi connectivity index (χ0n) is 26.5. The van der Waals surface area contributed by atoms with Gasteiger partial charge in [-0.2, -0.15) is 0 Å². The highest BCUT2D eigenvalue weighted by Gasteiger charge is 2.52. The fourth-order valence-corrected chi connectivity index (χ4v) is 3.61. The van der Waals surface area contributed by atoms with E-state index in [9.17, 15) is 0 Å². The van der Waals surface area contributed by atoms with Gasteiger partial charge in [-0.05, 0) is 40.2 Å². The molecule has 1 aliphatic rings. The summed E-state index contributed by atoms with van der Waals surface area (Å²) >= 11 is 0. The van der Waals surface area contributed by atoms with Gasteiger partial charge < -0.3 is 51.9 Å². The SMILES string of the molecule is COCCOCCOCCOCCOCCOCCOCCOCCOc1cc(C)c(B2OC(C)(C)C(C)(C)O2)cn1. The first-order valence-electron chi connectivity index (χ1n) is 14.7. The van der Waals surface area contributed by atoms with E-state index in [0.29, 0.717) is 112 Å². The molecule has 0 N–H and O–H groups in total. The smallest absolute Gasteiger partial charge is 0.475 e. The minimum atomic E-state index is -0.441. The summed E-state index contributed by atoms with van der Waals surface area (Å²) in [6.07, 6.45) is 1.76. The van der Waals surface area contributed by atoms with Crippen LogP contribution in [0.5, 0.6) is 5.88 Å². The Morgan fingerprint density at radius 1 is 0.595 bits per heavy atom. The van der Waals surface area contributed by atoms with E-state index in [1.165, 1.54) is 0 Å². The molecule has 0 amide bonds. The Kier molecular flexibility index (Phi) is 18.7. The van der Waals surface area contributed by atoms with E-state index in [1.807, 2.05) is 40.7 Å². The van der Waals surface area contributed by atoms with Crippen molar-refractivity contribution in [1.29, 1.82) is 0 Å². The summed E-state index contributed by atoms with van der Waals surface area (Å²) in [5, 5.41) is 0. The van der Waals surface area contributed by atoms with Crippen LogP contribution >= 0.6 is 0 Å². The van der Waals surface area contributed by atoms with Gasteiger partial charge >= 0.3 is 7.12 Å². The third kappa shape index (κ3) is 14.9. The van der Waals surface area contributed by atoms with Gasteiger partial charge in [0.15, 0.2) is 0 Å². The van der Waals surface area contributed by atoms with Gasteiger partial charge in [0.2, 0.25) is 5.88 Å². The van der Waals surface area contributed by atoms with Crippen molar-refractivity contribution in [2.45, 2.75) is 45.8 Å². The predicted molar refractivity (Wildman–Crippen MR) is 158 cm³/mol. The minimum Gasteiger partial charge on any atom is -0.475 e. The fourth-order valence-electron chi connectivity index (χ4n) is 3.61. The summed E-state index contributed by atoms with van der Waals surface area (Å²) in [7, 11) is 1.21. The largest absolute Gasteiger partial charge is 0.496 e. The van der Waals surface area contributed by atoms with Crippen LogP contribution in [0.3, 0.4) is 0 Å². The molecule has 0 aromatic carbocycles. The number of rotatable bonds is 26. The van der Waals surface area contributed by atoms with Crippen LogP contribution in [0.1, 0.15) is 33.3 Å². The number of aryl methyl sites for hydroxylation is 1. The van der Waals surface area contributed by atoms with Crippen LogP contribution in [0.2, 0.25) is 0 Å². The topological polar surface area (TPSA) is 114 Å². The molecule has 1 aliphatic heterocycles. The number of aromatic nitrogens is 1. The van der Waals surface area contributed by atoms with Crippen molar-refractivity contribution >= 4 is 12.6 Å². The standard InChI is InChI=1S/C29H52BNO11/c1-25-23-27(31-24-26(25)30-41-28(2,3)29(4,5)42-30)40-22-21-39-20-19-38-18-17-37-16-15-36-14-13-35-12-11-34-10-9-33-8-7-32-6/h23-24H,7-22H2,1-6H3. The number of methoxy groups -OCH3 is 1. The van der Waals surface area contributed by atoms with E-state index in [2.05, 4.69) is 4.98 Å². The molecule has 42 heavy (non-hydrogen) atoms. The molecule has 1 saturated heterocycles. The van der Waals surface area contributed by atoms with E-state index in [0.717, 1.165) is 11.0 Å². The van der Waals surface area contributed by atoms with E-state index >= 15 is 0 Å². The van der Waals surface area contributed by atoms with Gasteiger partial charge in [-0.3, -0.25) is 0 Å². The van der Waals surface area contributed by atoms with Crippen LogP contribution < -0.4 is 10.2 Å². The van der Waals surface area contributed by atoms with E-state index in [-0.39, 0.29) is 0 Å². The molecule has 1 fully saturated rings. The second-order valence-electron chi connectivity index (χ2n) is 10.6. The third-order valence-electron chi connectivity index (χ3n) is 6.77. The van der Waals surface area contributed by atoms with Crippen LogP contribution in [-0.4, -0.2) is 136 Å². The van der Waals surface area contributed by atoms with Crippen molar-refractivity contribution in [3.8, 4) is 5.88 Å². The first kappa shape index (κ1) is 36.8. The highest BCUT2D eigenvalue weighted by atomic mass is 16.7. The van der Waals surface area contributed by atoms with Gasteiger partial charge in [0.1, 0.15) is 6.61 Å². The van der Waals surface area contributed by atoms with Crippen molar-refractivity contribution in [3.63, 3.8) is 0 Å². The molecule has 0 saturated carbocycles. The van der Waals surface area contributed by atoms with E-state index in [4.69, 9.17) is 51.9 Å². The normalized spacial score (nSPS) is 15.9. The average molecular weight is 602 g/mol. The number of hydrogen-bond donors (Lipinski definition) is 0. The summed E-state index contributed by atoms with van der Waals surface area (Å²) in [4.78, 5) is 4.41. The summed E-state index contributed by atoms with van der Waals surface area (Å²) in [6, 6.07) is 1.89. The van der Waals surface area contributed by atoms with Gasteiger partial charge in [0.05, 0.1) is 110 Å². The van der Waals surface area contributed by atoms with E-state index in [1.54, 1.807) is 13.3 Å². The summed E-state index contributed by atoms with van der Waals surface area (Å²) in [5.74, 6) is 0.544. The van der Waals surface area contributed by atoms with Crippen molar-refractivity contribution in [2.75, 3.05) is 113 Å². The Morgan fingerprint density at radius 2 is 0.952 bits per heavy atom. The summed E-state index contributed by atoms with van der Waals surface area (Å²) < 4.78 is 61.1. The zero-order chi connectivity index (χ0) is 30.5. The summed E-state index contributed by atoms with van der Waals surface area (Å²) in [5.41, 5.74) is 1.13. The fraction of sp³-hybridized carbons (Fsp3) is 0.828. The molecule has 2 rings (SSSR count). The maximum atomic E-state index is 6.13. The van der Waals surface area contributed by atoms with Gasteiger partial charge in [-0.1, -0.05) is 0 Å². The second kappa shape index (κ2) is 21.3. The van der Waals surface area contributed by atoms with Crippen LogP contribution in [0.15, 0.2) is 12.3 Å². The quantitative estimate of drug-likeness (QED) is 0.114. The van der Waals surface area contributed by atoms with Crippen molar-refractivity contribution in [3.05, 3.63) is 17.8 Å². The second-order valence-corrected chi connectivity index (χ2v) is 10.6. The Morgan fingerprint density at radius 3 is 1.31 bits per heavy atom. The predicted octanol–water partition coefficient (Wildman–Crippen LogP) is 1.83. The van der Waals surface area contributed by atoms with Crippen LogP contribution in [0.4, 0.5) is 0 Å². The number of ether oxygens (including phenoxy) is 9. The molecule has 2 heterocycles. The lowest BCUT2D eigenvalue weighted by Gasteiger charge is -2.32. The first-order chi connectivity index (χ1) is 20.3. The molecule has 0 bridgehead atoms. The summed E-state index contributed by atoms with van der Waals surface area (Å²) in [6.45, 7) is 18.3. The molecule has 0 spiro atoms. The Balaban J connectivity index is 1.33. The molecule has 1 aromatic heterocycles. The van der Waals surface area contributed by atoms with Gasteiger partial charge in [-0.25, -0.2) is 4.98 Å². The van der Waals surface area contributed by atoms with Crippen molar-refractivity contribution < 1.29 is 51.9 Å². The lowest BCUT2D eigenvalue weighted by atomic mass is 9.77. The van der Waals surface area contributed by atoms with Crippen LogP contribution in [-0.2, 0) is 47.2 Å². The Hall–Kier alpha value is -1.39. The number of hydrogen-bond acceptors (Lipinski definition) is 12. The molecule has 13 heteroatoms. The van der Waals surface area contributed by atoms with E-state index < -0.39 is 18.3 Å². The molecule has 0 radical (unpaired) electrons. The molecular formula is C29H52BNO11. The highest BCUT2D eigenvalue weighted by Crippen LogP contribution is 2.36. The van der Waals surface area contributed by atoms with Gasteiger partial charge in [0, 0.05) is 24.8 Å². The molecule has 0 unspecified atom stereocenters. The Bertz CT molecular complexity index is 815. The zero-order valence-corrected chi connectivity index (χ0v) is 26.5. The molecule has 12 nitrogen and oxygen atoms in total. The highest BCUT2D eigenvalue weighted by molar-refractivity contribution is 6.62.